The molecule has 2 amide bonds. The Balaban J connectivity index is 2.43. The van der Waals surface area contributed by atoms with Crippen LogP contribution in [0.5, 0.6) is 0 Å². The molecule has 0 fully saturated rings. The van der Waals surface area contributed by atoms with Gasteiger partial charge in [0.25, 0.3) is 0 Å². The minimum Gasteiger partial charge on any atom is -0.354 e. The maximum absolute atomic E-state index is 13.6. The summed E-state index contributed by atoms with van der Waals surface area (Å²) >= 11 is 12.4. The molecule has 0 aliphatic heterocycles. The van der Waals surface area contributed by atoms with E-state index in [2.05, 4.69) is 5.32 Å². The van der Waals surface area contributed by atoms with Crippen molar-refractivity contribution in [2.75, 3.05) is 23.7 Å². The van der Waals surface area contributed by atoms with Crippen LogP contribution in [0.3, 0.4) is 0 Å². The molecule has 0 spiro atoms. The third-order valence-corrected chi connectivity index (χ3v) is 7.11. The number of sulfonamides is 1. The number of aryl methyl sites for hydroxylation is 2. The maximum atomic E-state index is 13.6. The SMILES string of the molecule is Cc1cc(C)cc(N(CC(=O)N(Cc2ccc(Cl)cc2Cl)[C@@H](C)C(=O)NCC(C)C)S(C)(=O)=O)c1. The summed E-state index contributed by atoms with van der Waals surface area (Å²) in [5.41, 5.74) is 2.71. The number of hydrogen-bond donors (Lipinski definition) is 1. The quantitative estimate of drug-likeness (QED) is 0.477. The summed E-state index contributed by atoms with van der Waals surface area (Å²) in [5.74, 6) is -0.645. The second-order valence-electron chi connectivity index (χ2n) is 9.19. The summed E-state index contributed by atoms with van der Waals surface area (Å²) in [6.07, 6.45) is 1.05. The zero-order valence-electron chi connectivity index (χ0n) is 20.9. The zero-order chi connectivity index (χ0) is 26.5. The molecular formula is C25H33Cl2N3O4S. The summed E-state index contributed by atoms with van der Waals surface area (Å²) in [6.45, 7) is 9.25. The molecule has 1 N–H and O–H groups in total. The van der Waals surface area contributed by atoms with Crippen LogP contribution in [0, 0.1) is 19.8 Å². The molecule has 35 heavy (non-hydrogen) atoms. The second-order valence-corrected chi connectivity index (χ2v) is 11.9. The summed E-state index contributed by atoms with van der Waals surface area (Å²) < 4.78 is 26.4. The fourth-order valence-electron chi connectivity index (χ4n) is 3.58. The third-order valence-electron chi connectivity index (χ3n) is 5.38. The van der Waals surface area contributed by atoms with Crippen LogP contribution in [0.15, 0.2) is 36.4 Å². The summed E-state index contributed by atoms with van der Waals surface area (Å²) in [5, 5.41) is 3.63. The smallest absolute Gasteiger partial charge is 0.244 e. The molecule has 0 heterocycles. The highest BCUT2D eigenvalue weighted by Gasteiger charge is 2.30. The molecule has 7 nitrogen and oxygen atoms in total. The van der Waals surface area contributed by atoms with Crippen LogP contribution < -0.4 is 9.62 Å². The second kappa shape index (κ2) is 12.1. The molecule has 0 saturated heterocycles. The van der Waals surface area contributed by atoms with Crippen LogP contribution in [0.2, 0.25) is 10.0 Å². The third kappa shape index (κ3) is 8.40. The van der Waals surface area contributed by atoms with Gasteiger partial charge in [-0.25, -0.2) is 8.42 Å². The Labute approximate surface area is 218 Å². The first-order valence-corrected chi connectivity index (χ1v) is 13.9. The lowest BCUT2D eigenvalue weighted by molar-refractivity contribution is -0.139. The van der Waals surface area contributed by atoms with Gasteiger partial charge in [0.15, 0.2) is 0 Å². The van der Waals surface area contributed by atoms with Crippen molar-refractivity contribution in [3.8, 4) is 0 Å². The van der Waals surface area contributed by atoms with Crippen molar-refractivity contribution in [2.24, 2.45) is 5.92 Å². The molecule has 192 valence electrons. The normalized spacial score (nSPS) is 12.4. The van der Waals surface area contributed by atoms with E-state index in [1.54, 1.807) is 37.3 Å². The average molecular weight is 543 g/mol. The van der Waals surface area contributed by atoms with Gasteiger partial charge in [0.1, 0.15) is 12.6 Å². The lowest BCUT2D eigenvalue weighted by Crippen LogP contribution is -2.51. The van der Waals surface area contributed by atoms with Gasteiger partial charge in [-0.15, -0.1) is 0 Å². The van der Waals surface area contributed by atoms with Gasteiger partial charge in [-0.2, -0.15) is 0 Å². The monoisotopic (exact) mass is 541 g/mol. The van der Waals surface area contributed by atoms with E-state index in [1.807, 2.05) is 33.8 Å². The maximum Gasteiger partial charge on any atom is 0.244 e. The number of halogens is 2. The fraction of sp³-hybridized carbons (Fsp3) is 0.440. The Kier molecular flexibility index (Phi) is 10.0. The van der Waals surface area contributed by atoms with Gasteiger partial charge in [0.05, 0.1) is 11.9 Å². The Morgan fingerprint density at radius 1 is 1.00 bits per heavy atom. The number of nitrogens with one attached hydrogen (secondary N) is 1. The Bertz CT molecular complexity index is 1160. The van der Waals surface area contributed by atoms with E-state index in [4.69, 9.17) is 23.2 Å². The summed E-state index contributed by atoms with van der Waals surface area (Å²) in [6, 6.07) is 9.36. The van der Waals surface area contributed by atoms with Gasteiger partial charge in [-0.1, -0.05) is 49.2 Å². The lowest BCUT2D eigenvalue weighted by atomic mass is 10.1. The number of carbonyl (C=O) groups excluding carboxylic acids is 2. The molecular weight excluding hydrogens is 509 g/mol. The molecule has 0 unspecified atom stereocenters. The van der Waals surface area contributed by atoms with Gasteiger partial charge in [-0.3, -0.25) is 13.9 Å². The highest BCUT2D eigenvalue weighted by molar-refractivity contribution is 7.92. The standard InChI is InChI=1S/C25H33Cl2N3O4S/c1-16(2)13-28-25(32)19(5)29(14-20-7-8-21(26)12-23(20)27)24(31)15-30(35(6,33)34)22-10-17(3)9-18(4)11-22/h7-12,16,19H,13-15H2,1-6H3,(H,28,32)/t19-/m0/s1. The molecule has 0 aromatic heterocycles. The van der Waals surface area contributed by atoms with Gasteiger partial charge in [0, 0.05) is 23.1 Å². The van der Waals surface area contributed by atoms with E-state index < -0.39 is 28.5 Å². The number of hydrogen-bond acceptors (Lipinski definition) is 4. The molecule has 0 bridgehead atoms. The molecule has 0 aliphatic rings. The first-order valence-electron chi connectivity index (χ1n) is 11.3. The number of anilines is 1. The number of carbonyl (C=O) groups is 2. The van der Waals surface area contributed by atoms with Gasteiger partial charge in [0.2, 0.25) is 21.8 Å². The molecule has 2 aromatic carbocycles. The van der Waals surface area contributed by atoms with Crippen molar-refractivity contribution in [2.45, 2.75) is 47.2 Å². The van der Waals surface area contributed by atoms with E-state index in [-0.39, 0.29) is 18.4 Å². The van der Waals surface area contributed by atoms with E-state index in [0.29, 0.717) is 27.8 Å². The van der Waals surface area contributed by atoms with Gasteiger partial charge < -0.3 is 10.2 Å². The number of rotatable bonds is 10. The van der Waals surface area contributed by atoms with Crippen molar-refractivity contribution >= 4 is 50.7 Å². The summed E-state index contributed by atoms with van der Waals surface area (Å²) in [7, 11) is -3.79. The van der Waals surface area contributed by atoms with E-state index in [1.165, 1.54) is 4.90 Å². The number of nitrogens with zero attached hydrogens (tertiary/aromatic N) is 2. The summed E-state index contributed by atoms with van der Waals surface area (Å²) in [4.78, 5) is 27.8. The van der Waals surface area contributed by atoms with Gasteiger partial charge in [-0.05, 0) is 67.6 Å². The van der Waals surface area contributed by atoms with Crippen LogP contribution in [-0.2, 0) is 26.2 Å². The van der Waals surface area contributed by atoms with Crippen molar-refractivity contribution in [1.29, 1.82) is 0 Å². The molecule has 0 aliphatic carbocycles. The van der Waals surface area contributed by atoms with E-state index in [9.17, 15) is 18.0 Å². The number of amides is 2. The number of benzene rings is 2. The van der Waals surface area contributed by atoms with Crippen LogP contribution in [0.1, 0.15) is 37.5 Å². The molecule has 0 saturated carbocycles. The van der Waals surface area contributed by atoms with Crippen molar-refractivity contribution in [3.05, 3.63) is 63.1 Å². The van der Waals surface area contributed by atoms with Crippen LogP contribution in [0.25, 0.3) is 0 Å². The lowest BCUT2D eigenvalue weighted by Gasteiger charge is -2.32. The first-order chi connectivity index (χ1) is 16.2. The minimum absolute atomic E-state index is 0.00947. The molecule has 1 atom stereocenters. The van der Waals surface area contributed by atoms with Crippen molar-refractivity contribution < 1.29 is 18.0 Å². The Hall–Kier alpha value is -2.29. The first kappa shape index (κ1) is 28.9. The predicted octanol–water partition coefficient (Wildman–Crippen LogP) is 4.57. The Morgan fingerprint density at radius 2 is 1.60 bits per heavy atom. The average Bonchev–Trinajstić information content (AvgIpc) is 2.73. The fourth-order valence-corrected chi connectivity index (χ4v) is 4.88. The zero-order valence-corrected chi connectivity index (χ0v) is 23.3. The highest BCUT2D eigenvalue weighted by atomic mass is 35.5. The van der Waals surface area contributed by atoms with Gasteiger partial charge >= 0.3 is 0 Å². The predicted molar refractivity (Wildman–Crippen MR) is 142 cm³/mol. The largest absolute Gasteiger partial charge is 0.354 e. The Morgan fingerprint density at radius 3 is 2.11 bits per heavy atom. The molecule has 10 heteroatoms. The van der Waals surface area contributed by atoms with Crippen molar-refractivity contribution in [1.82, 2.24) is 10.2 Å². The van der Waals surface area contributed by atoms with Crippen LogP contribution in [0.4, 0.5) is 5.69 Å². The highest BCUT2D eigenvalue weighted by Crippen LogP contribution is 2.25. The molecule has 2 rings (SSSR count). The van der Waals surface area contributed by atoms with E-state index in [0.717, 1.165) is 21.7 Å². The minimum atomic E-state index is -3.79. The van der Waals surface area contributed by atoms with Crippen LogP contribution >= 0.6 is 23.2 Å². The van der Waals surface area contributed by atoms with E-state index >= 15 is 0 Å². The van der Waals surface area contributed by atoms with Crippen LogP contribution in [-0.4, -0.2) is 50.5 Å². The molecule has 2 aromatic rings. The topological polar surface area (TPSA) is 86.8 Å². The van der Waals surface area contributed by atoms with Crippen molar-refractivity contribution in [3.63, 3.8) is 0 Å². The molecule has 0 radical (unpaired) electrons.